The Morgan fingerprint density at radius 2 is 1.81 bits per heavy atom. The number of aliphatic carboxylic acids is 1. The first-order valence-corrected chi connectivity index (χ1v) is 6.40. The summed E-state index contributed by atoms with van der Waals surface area (Å²) in [6.07, 6.45) is 1.10. The van der Waals surface area contributed by atoms with Gasteiger partial charge in [-0.05, 0) is 26.7 Å². The molecular formula is C13H18N2O6. The van der Waals surface area contributed by atoms with Crippen LogP contribution in [-0.4, -0.2) is 53.6 Å². The van der Waals surface area contributed by atoms with Crippen molar-refractivity contribution in [3.63, 3.8) is 0 Å². The van der Waals surface area contributed by atoms with E-state index in [1.807, 2.05) is 0 Å². The van der Waals surface area contributed by atoms with E-state index in [0.29, 0.717) is 19.4 Å². The largest absolute Gasteiger partial charge is 0.478 e. The first kappa shape index (κ1) is 16.7. The molecule has 8 nitrogen and oxygen atoms in total. The lowest BCUT2D eigenvalue weighted by Gasteiger charge is -2.22. The smallest absolute Gasteiger partial charge is 0.331 e. The SMILES string of the molecule is COC(=O)C1CCCN1C(=O)NC(=O)C(C)=C(C)C(=O)O. The standard InChI is InChI=1S/C13H18N2O6/c1-7(8(2)11(17)18)10(16)14-13(20)15-6-4-5-9(15)12(19)21-3/h9H,4-6H2,1-3H3,(H,17,18)(H,14,16,20). The van der Waals surface area contributed by atoms with E-state index < -0.39 is 29.9 Å². The number of carbonyl (C=O) groups is 4. The molecule has 1 unspecified atom stereocenters. The average molecular weight is 298 g/mol. The molecule has 0 bridgehead atoms. The third kappa shape index (κ3) is 3.80. The fourth-order valence-corrected chi connectivity index (χ4v) is 1.98. The predicted molar refractivity (Wildman–Crippen MR) is 71.3 cm³/mol. The second kappa shape index (κ2) is 6.87. The van der Waals surface area contributed by atoms with E-state index in [9.17, 15) is 19.2 Å². The van der Waals surface area contributed by atoms with Crippen LogP contribution in [0, 0.1) is 0 Å². The van der Waals surface area contributed by atoms with E-state index in [0.717, 1.165) is 0 Å². The first-order chi connectivity index (χ1) is 9.79. The quantitative estimate of drug-likeness (QED) is 0.571. The number of rotatable bonds is 3. The molecule has 1 heterocycles. The third-order valence-corrected chi connectivity index (χ3v) is 3.43. The fourth-order valence-electron chi connectivity index (χ4n) is 1.98. The Morgan fingerprint density at radius 3 is 2.33 bits per heavy atom. The maximum atomic E-state index is 12.0. The van der Waals surface area contributed by atoms with Crippen molar-refractivity contribution in [2.24, 2.45) is 0 Å². The van der Waals surface area contributed by atoms with Gasteiger partial charge in [-0.25, -0.2) is 14.4 Å². The number of esters is 1. The molecule has 1 fully saturated rings. The zero-order valence-electron chi connectivity index (χ0n) is 12.1. The van der Waals surface area contributed by atoms with Gasteiger partial charge < -0.3 is 14.7 Å². The monoisotopic (exact) mass is 298 g/mol. The van der Waals surface area contributed by atoms with Crippen molar-refractivity contribution in [1.29, 1.82) is 0 Å². The van der Waals surface area contributed by atoms with Crippen LogP contribution in [0.2, 0.25) is 0 Å². The second-order valence-electron chi connectivity index (χ2n) is 4.69. The van der Waals surface area contributed by atoms with Crippen molar-refractivity contribution in [1.82, 2.24) is 10.2 Å². The Bertz CT molecular complexity index is 511. The molecule has 116 valence electrons. The van der Waals surface area contributed by atoms with E-state index in [1.54, 1.807) is 0 Å². The van der Waals surface area contributed by atoms with Gasteiger partial charge in [0.05, 0.1) is 7.11 Å². The lowest BCUT2D eigenvalue weighted by molar-refractivity contribution is -0.145. The molecule has 0 saturated carbocycles. The number of carboxylic acids is 1. The summed E-state index contributed by atoms with van der Waals surface area (Å²) in [6, 6.07) is -1.45. The van der Waals surface area contributed by atoms with Gasteiger partial charge in [-0.3, -0.25) is 10.1 Å². The number of likely N-dealkylation sites (tertiary alicyclic amines) is 1. The minimum absolute atomic E-state index is 0.0651. The number of hydrogen-bond donors (Lipinski definition) is 2. The van der Waals surface area contributed by atoms with Crippen LogP contribution in [0.15, 0.2) is 11.1 Å². The zero-order chi connectivity index (χ0) is 16.2. The lowest BCUT2D eigenvalue weighted by Crippen LogP contribution is -2.48. The van der Waals surface area contributed by atoms with Crippen LogP contribution in [0.4, 0.5) is 4.79 Å². The number of methoxy groups -OCH3 is 1. The van der Waals surface area contributed by atoms with Gasteiger partial charge in [-0.1, -0.05) is 0 Å². The highest BCUT2D eigenvalue weighted by Crippen LogP contribution is 2.18. The first-order valence-electron chi connectivity index (χ1n) is 6.40. The summed E-state index contributed by atoms with van der Waals surface area (Å²) in [5, 5.41) is 10.9. The molecule has 1 rings (SSSR count). The minimum Gasteiger partial charge on any atom is -0.478 e. The lowest BCUT2D eigenvalue weighted by atomic mass is 10.1. The van der Waals surface area contributed by atoms with Crippen LogP contribution in [-0.2, 0) is 19.1 Å². The number of hydrogen-bond acceptors (Lipinski definition) is 5. The maximum Gasteiger partial charge on any atom is 0.331 e. The topological polar surface area (TPSA) is 113 Å². The van der Waals surface area contributed by atoms with Crippen molar-refractivity contribution in [3.8, 4) is 0 Å². The number of imide groups is 1. The van der Waals surface area contributed by atoms with Crippen molar-refractivity contribution in [2.75, 3.05) is 13.7 Å². The van der Waals surface area contributed by atoms with Crippen molar-refractivity contribution < 1.29 is 29.0 Å². The highest BCUT2D eigenvalue weighted by molar-refractivity contribution is 6.07. The Kier molecular flexibility index (Phi) is 5.45. The van der Waals surface area contributed by atoms with Gasteiger partial charge in [0, 0.05) is 17.7 Å². The molecule has 1 aliphatic heterocycles. The molecule has 3 amide bonds. The molecule has 1 saturated heterocycles. The van der Waals surface area contributed by atoms with Gasteiger partial charge in [0.15, 0.2) is 0 Å². The molecule has 1 aliphatic rings. The number of ether oxygens (including phenoxy) is 1. The van der Waals surface area contributed by atoms with Crippen LogP contribution >= 0.6 is 0 Å². The van der Waals surface area contributed by atoms with Crippen molar-refractivity contribution in [2.45, 2.75) is 32.7 Å². The molecule has 2 N–H and O–H groups in total. The summed E-state index contributed by atoms with van der Waals surface area (Å²) in [4.78, 5) is 47.3. The van der Waals surface area contributed by atoms with Gasteiger partial charge in [0.2, 0.25) is 0 Å². The Balaban J connectivity index is 2.77. The number of carbonyl (C=O) groups excluding carboxylic acids is 3. The molecule has 0 radical (unpaired) electrons. The normalized spacial score (nSPS) is 18.8. The third-order valence-electron chi connectivity index (χ3n) is 3.43. The summed E-state index contributed by atoms with van der Waals surface area (Å²) < 4.78 is 4.60. The van der Waals surface area contributed by atoms with Crippen LogP contribution < -0.4 is 5.32 Å². The summed E-state index contributed by atoms with van der Waals surface area (Å²) >= 11 is 0. The zero-order valence-corrected chi connectivity index (χ0v) is 12.1. The summed E-state index contributed by atoms with van der Waals surface area (Å²) in [7, 11) is 1.23. The molecule has 0 aliphatic carbocycles. The van der Waals surface area contributed by atoms with Crippen LogP contribution in [0.3, 0.4) is 0 Å². The Hall–Kier alpha value is -2.38. The molecule has 0 aromatic heterocycles. The van der Waals surface area contributed by atoms with E-state index in [4.69, 9.17) is 5.11 Å². The number of nitrogens with zero attached hydrogens (tertiary/aromatic N) is 1. The number of urea groups is 1. The summed E-state index contributed by atoms with van der Waals surface area (Å²) in [5.74, 6) is -2.57. The molecule has 21 heavy (non-hydrogen) atoms. The van der Waals surface area contributed by atoms with Gasteiger partial charge in [0.25, 0.3) is 5.91 Å². The predicted octanol–water partition coefficient (Wildman–Crippen LogP) is 0.281. The molecular weight excluding hydrogens is 280 g/mol. The molecule has 0 aromatic rings. The van der Waals surface area contributed by atoms with E-state index in [1.165, 1.54) is 25.9 Å². The van der Waals surface area contributed by atoms with Gasteiger partial charge in [-0.15, -0.1) is 0 Å². The van der Waals surface area contributed by atoms with Crippen LogP contribution in [0.1, 0.15) is 26.7 Å². The molecule has 8 heteroatoms. The summed E-state index contributed by atoms with van der Waals surface area (Å²) in [5.41, 5.74) is -0.212. The maximum absolute atomic E-state index is 12.0. The summed E-state index contributed by atoms with van der Waals surface area (Å²) in [6.45, 7) is 2.92. The highest BCUT2D eigenvalue weighted by Gasteiger charge is 2.35. The van der Waals surface area contributed by atoms with Crippen LogP contribution in [0.25, 0.3) is 0 Å². The van der Waals surface area contributed by atoms with Crippen molar-refractivity contribution >= 4 is 23.9 Å². The number of carboxylic acid groups (broad SMARTS) is 1. The van der Waals surface area contributed by atoms with E-state index in [2.05, 4.69) is 10.1 Å². The Labute approximate surface area is 121 Å². The van der Waals surface area contributed by atoms with Gasteiger partial charge in [-0.2, -0.15) is 0 Å². The van der Waals surface area contributed by atoms with E-state index in [-0.39, 0.29) is 11.1 Å². The van der Waals surface area contributed by atoms with Gasteiger partial charge in [0.1, 0.15) is 6.04 Å². The van der Waals surface area contributed by atoms with Gasteiger partial charge >= 0.3 is 18.0 Å². The fraction of sp³-hybridized carbons (Fsp3) is 0.538. The van der Waals surface area contributed by atoms with Crippen LogP contribution in [0.5, 0.6) is 0 Å². The average Bonchev–Trinajstić information content (AvgIpc) is 2.93. The van der Waals surface area contributed by atoms with E-state index >= 15 is 0 Å². The number of amides is 3. The molecule has 0 aromatic carbocycles. The second-order valence-corrected chi connectivity index (χ2v) is 4.69. The highest BCUT2D eigenvalue weighted by atomic mass is 16.5. The van der Waals surface area contributed by atoms with Crippen molar-refractivity contribution in [3.05, 3.63) is 11.1 Å². The number of nitrogens with one attached hydrogen (secondary N) is 1. The molecule has 0 spiro atoms. The Morgan fingerprint density at radius 1 is 1.19 bits per heavy atom. The molecule has 1 atom stereocenters. The minimum atomic E-state index is -1.23.